The lowest BCUT2D eigenvalue weighted by molar-refractivity contribution is -0.266. The van der Waals surface area contributed by atoms with Crippen LogP contribution in [0.15, 0.2) is 47.6 Å². The Morgan fingerprint density at radius 3 is 2.27 bits per heavy atom. The number of methoxy groups -OCH3 is 3. The monoisotopic (exact) mass is 1000 g/mol. The van der Waals surface area contributed by atoms with E-state index in [1.165, 1.54) is 12.0 Å². The van der Waals surface area contributed by atoms with Gasteiger partial charge in [0, 0.05) is 58.5 Å². The van der Waals surface area contributed by atoms with Crippen LogP contribution in [0.4, 0.5) is 0 Å². The van der Waals surface area contributed by atoms with Gasteiger partial charge in [0.2, 0.25) is 5.79 Å². The molecule has 4 aliphatic rings. The first-order valence-electron chi connectivity index (χ1n) is 26.1. The maximum Gasteiger partial charge on any atom is 0.329 e. The number of Topliss-reactive ketones (excluding diaryl/α,β-unsaturated/α-hetero) is 3. The van der Waals surface area contributed by atoms with E-state index in [0.29, 0.717) is 63.5 Å². The quantitative estimate of drug-likeness (QED) is 0.0858. The highest BCUT2D eigenvalue weighted by atomic mass is 16.6. The molecule has 71 heavy (non-hydrogen) atoms. The Morgan fingerprint density at radius 2 is 1.58 bits per heavy atom. The summed E-state index contributed by atoms with van der Waals surface area (Å²) in [5.41, 5.74) is 1.24. The van der Waals surface area contributed by atoms with Gasteiger partial charge in [-0.3, -0.25) is 19.2 Å². The van der Waals surface area contributed by atoms with Gasteiger partial charge in [-0.2, -0.15) is 0 Å². The minimum Gasteiger partial charge on any atom is -0.460 e. The van der Waals surface area contributed by atoms with Crippen molar-refractivity contribution < 1.29 is 72.5 Å². The predicted molar refractivity (Wildman–Crippen MR) is 267 cm³/mol. The van der Waals surface area contributed by atoms with Crippen molar-refractivity contribution in [3.8, 4) is 0 Å². The zero-order chi connectivity index (χ0) is 52.4. The minimum absolute atomic E-state index is 0.000431. The number of ether oxygens (including phenoxy) is 7. The Morgan fingerprint density at radius 1 is 0.831 bits per heavy atom. The lowest BCUT2D eigenvalue weighted by Crippen LogP contribution is -2.61. The number of piperidine rings is 1. The topological polar surface area (TPSA) is 214 Å². The second-order valence-electron chi connectivity index (χ2n) is 20.8. The Hall–Kier alpha value is -3.45. The maximum atomic E-state index is 14.5. The number of carbonyl (C=O) groups is 5. The lowest BCUT2D eigenvalue weighted by Gasteiger charge is -2.43. The van der Waals surface area contributed by atoms with Crippen LogP contribution in [-0.4, -0.2) is 158 Å². The molecule has 2 saturated heterocycles. The third-order valence-electron chi connectivity index (χ3n) is 15.2. The molecule has 0 spiro atoms. The van der Waals surface area contributed by atoms with Crippen LogP contribution in [-0.2, 0) is 57.1 Å². The maximum absolute atomic E-state index is 14.5. The molecular weight excluding hydrogens is 915 g/mol. The van der Waals surface area contributed by atoms with Gasteiger partial charge in [0.1, 0.15) is 30.1 Å². The summed E-state index contributed by atoms with van der Waals surface area (Å²) >= 11 is 0. The van der Waals surface area contributed by atoms with E-state index < -0.39 is 77.8 Å². The molecule has 3 aliphatic heterocycles. The number of aliphatic hydroxyl groups excluding tert-OH is 2. The molecule has 15 atom stereocenters. The highest BCUT2D eigenvalue weighted by Gasteiger charge is 2.53. The van der Waals surface area contributed by atoms with Gasteiger partial charge in [0.25, 0.3) is 11.7 Å². The number of hydrogen-bond acceptors (Lipinski definition) is 15. The van der Waals surface area contributed by atoms with Crippen molar-refractivity contribution in [2.45, 2.75) is 180 Å². The van der Waals surface area contributed by atoms with E-state index in [-0.39, 0.29) is 87.2 Å². The predicted octanol–water partition coefficient (Wildman–Crippen LogP) is 6.21. The smallest absolute Gasteiger partial charge is 0.329 e. The summed E-state index contributed by atoms with van der Waals surface area (Å²) in [7, 11) is 4.58. The Bertz CT molecular complexity index is 1860. The van der Waals surface area contributed by atoms with Crippen molar-refractivity contribution in [3.05, 3.63) is 47.6 Å². The van der Waals surface area contributed by atoms with E-state index in [4.69, 9.17) is 33.2 Å². The Balaban J connectivity index is 1.71. The highest BCUT2D eigenvalue weighted by molar-refractivity contribution is 6.39. The number of cyclic esters (lactones) is 1. The molecule has 1 amide bonds. The molecule has 4 rings (SSSR count). The first-order valence-corrected chi connectivity index (χ1v) is 26.1. The molecule has 1 aliphatic carbocycles. The summed E-state index contributed by atoms with van der Waals surface area (Å²) in [6, 6.07) is -1.16. The number of hydrogen-bond donors (Lipinski definition) is 3. The van der Waals surface area contributed by atoms with Crippen molar-refractivity contribution in [1.82, 2.24) is 4.90 Å². The van der Waals surface area contributed by atoms with Crippen molar-refractivity contribution >= 4 is 29.2 Å². The summed E-state index contributed by atoms with van der Waals surface area (Å²) in [4.78, 5) is 72.5. The second-order valence-corrected chi connectivity index (χ2v) is 20.8. The number of rotatable bonds is 12. The zero-order valence-corrected chi connectivity index (χ0v) is 44.3. The van der Waals surface area contributed by atoms with Crippen LogP contribution in [0, 0.1) is 35.5 Å². The average molecular weight is 1000 g/mol. The van der Waals surface area contributed by atoms with Crippen LogP contribution in [0.2, 0.25) is 0 Å². The fourth-order valence-electron chi connectivity index (χ4n) is 10.7. The summed E-state index contributed by atoms with van der Waals surface area (Å²) in [5.74, 6) is -8.10. The standard InChI is InChI=1S/C55H87NO15/c1-34-16-12-11-13-17-35(2)46(69-27-26-65-8)32-42-21-19-40(7)55(64,71-42)52(61)53(62)56-23-15-14-18-43(56)54(63)70-47(37(4)30-41-20-22-45(68-25-24-57)48(31-41)66-9)33-44(58)36(3)29-39(6)50(60)51(67-10)49(59)38(5)28-34/h11-13,16-17,29,34,36-38,40-43,45-48,50-51,57,60,64H,14-15,18-28,30-33H2,1-10H3/b13-11+,16-12+,35-17+,39-29+/t34-,36-,37-,38-,40-,41+,42+,43+,45-,46-,47+,48-,50-,51+,55-/m1/s1. The first kappa shape index (κ1) is 60.1. The summed E-state index contributed by atoms with van der Waals surface area (Å²) < 4.78 is 41.3. The van der Waals surface area contributed by atoms with Gasteiger partial charge in [-0.05, 0) is 107 Å². The van der Waals surface area contributed by atoms with Crippen LogP contribution in [0.3, 0.4) is 0 Å². The molecule has 3 fully saturated rings. The van der Waals surface area contributed by atoms with Gasteiger partial charge in [-0.15, -0.1) is 0 Å². The molecule has 1 saturated carbocycles. The van der Waals surface area contributed by atoms with Crippen LogP contribution in [0.1, 0.15) is 126 Å². The second kappa shape index (κ2) is 29.4. The van der Waals surface area contributed by atoms with Gasteiger partial charge in [-0.25, -0.2) is 4.79 Å². The third kappa shape index (κ3) is 17.0. The van der Waals surface area contributed by atoms with Crippen molar-refractivity contribution in [2.24, 2.45) is 35.5 Å². The number of nitrogens with zero attached hydrogens (tertiary/aromatic N) is 1. The van der Waals surface area contributed by atoms with Gasteiger partial charge in [0.05, 0.1) is 50.8 Å². The van der Waals surface area contributed by atoms with E-state index in [2.05, 4.69) is 0 Å². The number of carbonyl (C=O) groups excluding carboxylic acids is 5. The molecule has 0 aromatic heterocycles. The molecule has 3 heterocycles. The van der Waals surface area contributed by atoms with E-state index in [1.807, 2.05) is 58.1 Å². The molecular formula is C55H87NO15. The molecule has 0 aromatic rings. The normalized spacial score (nSPS) is 38.0. The van der Waals surface area contributed by atoms with Gasteiger partial charge in [0.15, 0.2) is 5.78 Å². The molecule has 402 valence electrons. The fraction of sp³-hybridized carbons (Fsp3) is 0.764. The fourth-order valence-corrected chi connectivity index (χ4v) is 10.7. The SMILES string of the molecule is COCCO[C@@H]1C[C@@H]2CC[C@@H](C)[C@@](O)(O2)C(=O)C(=O)N2CCCC[C@H]2C(=O)O[C@H]([C@H](C)C[C@@H]2CC[C@@H](OCCO)[C@H](OC)C2)CC(=O)[C@H](C)/C=C(\C)[C@@H](O)[C@@H](OC)C(=O)[C@H](C)C[C@H](C)/C=C/C=C/C=C/1C. The van der Waals surface area contributed by atoms with E-state index >= 15 is 0 Å². The van der Waals surface area contributed by atoms with Crippen molar-refractivity contribution in [2.75, 3.05) is 54.3 Å². The average Bonchev–Trinajstić information content (AvgIpc) is 3.35. The minimum atomic E-state index is -2.46. The number of fused-ring (bicyclic) bond motifs is 3. The molecule has 3 N–H and O–H groups in total. The molecule has 16 nitrogen and oxygen atoms in total. The van der Waals surface area contributed by atoms with Gasteiger partial charge in [-0.1, -0.05) is 71.1 Å². The Labute approximate surface area is 422 Å². The molecule has 0 radical (unpaired) electrons. The van der Waals surface area contributed by atoms with Gasteiger partial charge < -0.3 is 53.4 Å². The van der Waals surface area contributed by atoms with Crippen LogP contribution in [0.5, 0.6) is 0 Å². The molecule has 0 aromatic carbocycles. The molecule has 0 unspecified atom stereocenters. The largest absolute Gasteiger partial charge is 0.460 e. The van der Waals surface area contributed by atoms with Gasteiger partial charge >= 0.3 is 5.97 Å². The number of allylic oxidation sites excluding steroid dienone is 6. The van der Waals surface area contributed by atoms with E-state index in [0.717, 1.165) is 12.0 Å². The summed E-state index contributed by atoms with van der Waals surface area (Å²) in [6.07, 6.45) is 11.7. The summed E-state index contributed by atoms with van der Waals surface area (Å²) in [6.45, 7) is 13.5. The van der Waals surface area contributed by atoms with E-state index in [9.17, 15) is 39.3 Å². The first-order chi connectivity index (χ1) is 33.8. The van der Waals surface area contributed by atoms with E-state index in [1.54, 1.807) is 41.1 Å². The Kier molecular flexibility index (Phi) is 24.9. The van der Waals surface area contributed by atoms with Crippen LogP contribution in [0.25, 0.3) is 0 Å². The lowest BCUT2D eigenvalue weighted by atomic mass is 9.78. The highest BCUT2D eigenvalue weighted by Crippen LogP contribution is 2.38. The summed E-state index contributed by atoms with van der Waals surface area (Å²) in [5, 5.41) is 33.0. The molecule has 16 heteroatoms. The third-order valence-corrected chi connectivity index (χ3v) is 15.2. The number of amides is 1. The van der Waals surface area contributed by atoms with Crippen LogP contribution < -0.4 is 0 Å². The van der Waals surface area contributed by atoms with Crippen LogP contribution >= 0.6 is 0 Å². The van der Waals surface area contributed by atoms with Crippen molar-refractivity contribution in [3.63, 3.8) is 0 Å². The zero-order valence-electron chi connectivity index (χ0n) is 44.3. The number of ketones is 3. The number of esters is 1. The molecule has 2 bridgehead atoms. The van der Waals surface area contributed by atoms with Crippen molar-refractivity contribution in [1.29, 1.82) is 0 Å². The number of aliphatic hydroxyl groups is 3.